The number of carbonyl (C=O) groups is 2. The molecule has 0 aliphatic carbocycles. The average molecular weight is 402 g/mol. The summed E-state index contributed by atoms with van der Waals surface area (Å²) in [7, 11) is 0. The molecule has 152 valence electrons. The Kier molecular flexibility index (Phi) is 4.54. The summed E-state index contributed by atoms with van der Waals surface area (Å²) < 4.78 is 10.7. The summed E-state index contributed by atoms with van der Waals surface area (Å²) in [5.41, 5.74) is 3.19. The molecule has 0 atom stereocenters. The van der Waals surface area contributed by atoms with Crippen molar-refractivity contribution in [3.8, 4) is 11.5 Å². The van der Waals surface area contributed by atoms with E-state index in [9.17, 15) is 9.59 Å². The minimum atomic E-state index is -0.123. The van der Waals surface area contributed by atoms with Crippen molar-refractivity contribution >= 4 is 34.0 Å². The Bertz CT molecular complexity index is 1170. The second-order valence-electron chi connectivity index (χ2n) is 7.58. The number of benzene rings is 3. The van der Waals surface area contributed by atoms with Crippen molar-refractivity contribution in [1.82, 2.24) is 0 Å². The standard InChI is InChI=1S/C24H22N2O4/c1-2-3-11-26-19-9-8-18(16-5-4-6-17(23(16)19)24(26)28)25-22(27)13-15-7-10-20-21(12-15)30-14-29-20/h4-10,12H,2-3,11,13-14H2,1H3,(H,25,27). The van der Waals surface area contributed by atoms with Crippen LogP contribution in [0.5, 0.6) is 11.5 Å². The molecule has 0 aromatic heterocycles. The van der Waals surface area contributed by atoms with E-state index < -0.39 is 0 Å². The zero-order valence-electron chi connectivity index (χ0n) is 16.7. The van der Waals surface area contributed by atoms with Gasteiger partial charge in [0.05, 0.1) is 12.1 Å². The maximum Gasteiger partial charge on any atom is 0.258 e. The first-order valence-corrected chi connectivity index (χ1v) is 10.2. The highest BCUT2D eigenvalue weighted by atomic mass is 16.7. The first-order chi connectivity index (χ1) is 14.7. The largest absolute Gasteiger partial charge is 0.454 e. The summed E-state index contributed by atoms with van der Waals surface area (Å²) in [4.78, 5) is 27.4. The molecule has 5 rings (SSSR count). The highest BCUT2D eigenvalue weighted by molar-refractivity contribution is 6.27. The summed E-state index contributed by atoms with van der Waals surface area (Å²) in [5.74, 6) is 1.27. The van der Waals surface area contributed by atoms with Crippen molar-refractivity contribution in [3.05, 3.63) is 59.7 Å². The van der Waals surface area contributed by atoms with Gasteiger partial charge in [-0.05, 0) is 42.3 Å². The number of hydrogen-bond donors (Lipinski definition) is 1. The molecule has 0 saturated heterocycles. The Morgan fingerprint density at radius 3 is 2.83 bits per heavy atom. The van der Waals surface area contributed by atoms with Crippen LogP contribution in [0.2, 0.25) is 0 Å². The lowest BCUT2D eigenvalue weighted by molar-refractivity contribution is -0.115. The Morgan fingerprint density at radius 2 is 1.97 bits per heavy atom. The molecule has 2 amide bonds. The monoisotopic (exact) mass is 402 g/mol. The predicted molar refractivity (Wildman–Crippen MR) is 115 cm³/mol. The lowest BCUT2D eigenvalue weighted by atomic mass is 10.0. The third-order valence-electron chi connectivity index (χ3n) is 5.60. The van der Waals surface area contributed by atoms with Crippen LogP contribution in [0, 0.1) is 0 Å². The molecule has 6 nitrogen and oxygen atoms in total. The molecular formula is C24H22N2O4. The summed E-state index contributed by atoms with van der Waals surface area (Å²) in [6.45, 7) is 3.02. The minimum Gasteiger partial charge on any atom is -0.454 e. The van der Waals surface area contributed by atoms with Crippen molar-refractivity contribution in [2.75, 3.05) is 23.6 Å². The fourth-order valence-corrected chi connectivity index (χ4v) is 4.12. The van der Waals surface area contributed by atoms with Gasteiger partial charge in [0.15, 0.2) is 11.5 Å². The molecule has 0 unspecified atom stereocenters. The average Bonchev–Trinajstić information content (AvgIpc) is 3.32. The quantitative estimate of drug-likeness (QED) is 0.659. The number of nitrogens with one attached hydrogen (secondary N) is 1. The molecule has 30 heavy (non-hydrogen) atoms. The van der Waals surface area contributed by atoms with Gasteiger partial charge in [-0.2, -0.15) is 0 Å². The van der Waals surface area contributed by atoms with Gasteiger partial charge in [0, 0.05) is 28.6 Å². The van der Waals surface area contributed by atoms with Crippen LogP contribution in [0.25, 0.3) is 10.8 Å². The number of carbonyl (C=O) groups excluding carboxylic acids is 2. The van der Waals surface area contributed by atoms with Gasteiger partial charge in [-0.3, -0.25) is 9.59 Å². The maximum atomic E-state index is 12.9. The van der Waals surface area contributed by atoms with Gasteiger partial charge in [-0.15, -0.1) is 0 Å². The van der Waals surface area contributed by atoms with Crippen LogP contribution in [0.3, 0.4) is 0 Å². The Morgan fingerprint density at radius 1 is 1.10 bits per heavy atom. The fraction of sp³-hybridized carbons (Fsp3) is 0.250. The predicted octanol–water partition coefficient (Wildman–Crippen LogP) is 4.51. The number of ether oxygens (including phenoxy) is 2. The van der Waals surface area contributed by atoms with Crippen LogP contribution in [-0.4, -0.2) is 25.2 Å². The van der Waals surface area contributed by atoms with Gasteiger partial charge in [0.2, 0.25) is 12.7 Å². The molecule has 0 bridgehead atoms. The Labute approximate surface area is 174 Å². The SMILES string of the molecule is CCCCN1C(=O)c2cccc3c(NC(=O)Cc4ccc5c(c4)OCO5)ccc1c23. The maximum absolute atomic E-state index is 12.9. The van der Waals surface area contributed by atoms with Crippen LogP contribution in [0.15, 0.2) is 48.5 Å². The molecule has 3 aromatic rings. The summed E-state index contributed by atoms with van der Waals surface area (Å²) in [6.07, 6.45) is 2.20. The summed E-state index contributed by atoms with van der Waals surface area (Å²) in [6, 6.07) is 15.0. The second-order valence-corrected chi connectivity index (χ2v) is 7.58. The molecule has 2 heterocycles. The molecule has 3 aromatic carbocycles. The topological polar surface area (TPSA) is 67.9 Å². The Hall–Kier alpha value is -3.54. The molecule has 6 heteroatoms. The van der Waals surface area contributed by atoms with E-state index in [0.29, 0.717) is 29.3 Å². The molecule has 0 saturated carbocycles. The van der Waals surface area contributed by atoms with E-state index in [-0.39, 0.29) is 25.0 Å². The van der Waals surface area contributed by atoms with Gasteiger partial charge in [-0.1, -0.05) is 31.5 Å². The lowest BCUT2D eigenvalue weighted by Crippen LogP contribution is -2.27. The van der Waals surface area contributed by atoms with Crippen molar-refractivity contribution < 1.29 is 19.1 Å². The van der Waals surface area contributed by atoms with Crippen LogP contribution in [-0.2, 0) is 11.2 Å². The number of amides is 2. The van der Waals surface area contributed by atoms with E-state index >= 15 is 0 Å². The molecule has 2 aliphatic rings. The van der Waals surface area contributed by atoms with E-state index in [1.165, 1.54) is 0 Å². The van der Waals surface area contributed by atoms with E-state index in [1.54, 1.807) is 0 Å². The van der Waals surface area contributed by atoms with Gasteiger partial charge < -0.3 is 19.7 Å². The van der Waals surface area contributed by atoms with Crippen LogP contribution in [0.1, 0.15) is 35.7 Å². The number of fused-ring (bicyclic) bond motifs is 1. The number of rotatable bonds is 6. The smallest absolute Gasteiger partial charge is 0.258 e. The zero-order valence-corrected chi connectivity index (χ0v) is 16.7. The van der Waals surface area contributed by atoms with E-state index in [2.05, 4.69) is 12.2 Å². The van der Waals surface area contributed by atoms with Gasteiger partial charge >= 0.3 is 0 Å². The first kappa shape index (κ1) is 18.5. The van der Waals surface area contributed by atoms with Crippen molar-refractivity contribution in [2.45, 2.75) is 26.2 Å². The van der Waals surface area contributed by atoms with Crippen molar-refractivity contribution in [2.24, 2.45) is 0 Å². The van der Waals surface area contributed by atoms with Gasteiger partial charge in [0.25, 0.3) is 5.91 Å². The number of nitrogens with zero attached hydrogens (tertiary/aromatic N) is 1. The molecule has 2 aliphatic heterocycles. The molecule has 1 N–H and O–H groups in total. The van der Waals surface area contributed by atoms with Gasteiger partial charge in [0.1, 0.15) is 0 Å². The molecular weight excluding hydrogens is 380 g/mol. The van der Waals surface area contributed by atoms with E-state index in [1.807, 2.05) is 53.4 Å². The first-order valence-electron chi connectivity index (χ1n) is 10.2. The summed E-state index contributed by atoms with van der Waals surface area (Å²) >= 11 is 0. The van der Waals surface area contributed by atoms with Crippen molar-refractivity contribution in [3.63, 3.8) is 0 Å². The number of unbranched alkanes of at least 4 members (excludes halogenated alkanes) is 1. The fourth-order valence-electron chi connectivity index (χ4n) is 4.12. The summed E-state index contributed by atoms with van der Waals surface area (Å²) in [5, 5.41) is 4.82. The highest BCUT2D eigenvalue weighted by Crippen LogP contribution is 2.40. The lowest BCUT2D eigenvalue weighted by Gasteiger charge is -2.17. The minimum absolute atomic E-state index is 0.0351. The third kappa shape index (κ3) is 3.05. The van der Waals surface area contributed by atoms with E-state index in [0.717, 1.165) is 34.9 Å². The van der Waals surface area contributed by atoms with Crippen LogP contribution >= 0.6 is 0 Å². The normalized spacial score (nSPS) is 13.9. The Balaban J connectivity index is 1.41. The molecule has 0 spiro atoms. The zero-order chi connectivity index (χ0) is 20.7. The van der Waals surface area contributed by atoms with Gasteiger partial charge in [-0.25, -0.2) is 0 Å². The van der Waals surface area contributed by atoms with Crippen LogP contribution in [0.4, 0.5) is 11.4 Å². The third-order valence-corrected chi connectivity index (χ3v) is 5.60. The second kappa shape index (κ2) is 7.37. The molecule has 0 radical (unpaired) electrons. The molecule has 0 fully saturated rings. The van der Waals surface area contributed by atoms with E-state index in [4.69, 9.17) is 9.47 Å². The highest BCUT2D eigenvalue weighted by Gasteiger charge is 2.30. The number of anilines is 2. The van der Waals surface area contributed by atoms with Crippen LogP contribution < -0.4 is 19.7 Å². The van der Waals surface area contributed by atoms with Crippen molar-refractivity contribution in [1.29, 1.82) is 0 Å². The number of hydrogen-bond acceptors (Lipinski definition) is 4.